The molecule has 0 aromatic heterocycles. The van der Waals surface area contributed by atoms with Crippen LogP contribution in [0.4, 0.5) is 0 Å². The summed E-state index contributed by atoms with van der Waals surface area (Å²) in [6.45, 7) is 9.58. The summed E-state index contributed by atoms with van der Waals surface area (Å²) < 4.78 is 0. The summed E-state index contributed by atoms with van der Waals surface area (Å²) in [6.07, 6.45) is 19.5. The maximum atomic E-state index is 2.47. The zero-order chi connectivity index (χ0) is 13.7. The van der Waals surface area contributed by atoms with Crippen LogP contribution in [0.1, 0.15) is 85.5 Å². The first kappa shape index (κ1) is 18.4. The van der Waals surface area contributed by atoms with Gasteiger partial charge in [0.2, 0.25) is 0 Å². The van der Waals surface area contributed by atoms with Crippen LogP contribution in [-0.2, 0) is 0 Å². The molecule has 0 atom stereocenters. The monoisotopic (exact) mass is 274 g/mol. The predicted octanol–water partition coefficient (Wildman–Crippen LogP) is 6.33. The van der Waals surface area contributed by atoms with Crippen molar-refractivity contribution < 1.29 is 0 Å². The summed E-state index contributed by atoms with van der Waals surface area (Å²) in [5.74, 6) is 0. The summed E-state index contributed by atoms with van der Waals surface area (Å²) in [5, 5.41) is 0. The van der Waals surface area contributed by atoms with Gasteiger partial charge in [-0.1, -0.05) is 0 Å². The molecular weight excluding hydrogens is 235 g/mol. The average molecular weight is 274 g/mol. The van der Waals surface area contributed by atoms with E-state index in [4.69, 9.17) is 0 Å². The first-order valence-corrected chi connectivity index (χ1v) is 11.6. The van der Waals surface area contributed by atoms with E-state index >= 15 is 0 Å². The molecule has 0 N–H and O–H groups in total. The van der Waals surface area contributed by atoms with E-state index in [0.717, 1.165) is 0 Å². The SMILES string of the molecule is CCCCCCCC[PH](CC)(CC)CCCCC. The molecule has 18 heavy (non-hydrogen) atoms. The van der Waals surface area contributed by atoms with Crippen molar-refractivity contribution in [3.05, 3.63) is 0 Å². The molecule has 1 heteroatoms. The van der Waals surface area contributed by atoms with Gasteiger partial charge in [0.15, 0.2) is 0 Å². The Bertz CT molecular complexity index is 161. The van der Waals surface area contributed by atoms with Crippen molar-refractivity contribution >= 4 is 7.26 Å². The summed E-state index contributed by atoms with van der Waals surface area (Å²) in [7, 11) is -0.849. The standard InChI is InChI=1S/C17H39P/c1-5-9-11-12-13-15-17-18(7-3,8-4)16-14-10-6-2/h18H,5-17H2,1-4H3. The number of rotatable bonds is 13. The summed E-state index contributed by atoms with van der Waals surface area (Å²) in [4.78, 5) is 0. The van der Waals surface area contributed by atoms with Crippen molar-refractivity contribution in [2.75, 3.05) is 24.6 Å². The van der Waals surface area contributed by atoms with Crippen LogP contribution < -0.4 is 0 Å². The third kappa shape index (κ3) is 8.52. The third-order valence-corrected chi connectivity index (χ3v) is 10.7. The summed E-state index contributed by atoms with van der Waals surface area (Å²) >= 11 is 0. The second-order valence-electron chi connectivity index (χ2n) is 6.18. The van der Waals surface area contributed by atoms with Gasteiger partial charge in [-0.3, -0.25) is 0 Å². The van der Waals surface area contributed by atoms with Crippen LogP contribution in [0.3, 0.4) is 0 Å². The normalized spacial score (nSPS) is 12.9. The Morgan fingerprint density at radius 2 is 0.889 bits per heavy atom. The molecule has 0 spiro atoms. The van der Waals surface area contributed by atoms with Crippen molar-refractivity contribution in [3.63, 3.8) is 0 Å². The molecule has 0 radical (unpaired) electrons. The molecule has 0 aliphatic heterocycles. The van der Waals surface area contributed by atoms with E-state index in [1.165, 1.54) is 70.1 Å². The van der Waals surface area contributed by atoms with Gasteiger partial charge in [0.25, 0.3) is 0 Å². The Morgan fingerprint density at radius 1 is 0.500 bits per heavy atom. The molecule has 0 aromatic carbocycles. The first-order chi connectivity index (χ1) is 8.74. The Balaban J connectivity index is 3.79. The van der Waals surface area contributed by atoms with Crippen molar-refractivity contribution in [1.82, 2.24) is 0 Å². The van der Waals surface area contributed by atoms with Crippen LogP contribution in [-0.4, -0.2) is 24.6 Å². The second kappa shape index (κ2) is 12.5. The molecule has 0 saturated carbocycles. The fourth-order valence-corrected chi connectivity index (χ4v) is 7.28. The van der Waals surface area contributed by atoms with Gasteiger partial charge in [-0.15, -0.1) is 0 Å². The van der Waals surface area contributed by atoms with E-state index in [1.54, 1.807) is 12.3 Å². The Hall–Kier alpha value is 0.430. The number of hydrogen-bond acceptors (Lipinski definition) is 0. The molecule has 0 rings (SSSR count). The van der Waals surface area contributed by atoms with Gasteiger partial charge in [-0.2, -0.15) is 0 Å². The Labute approximate surface area is 118 Å². The number of unbranched alkanes of at least 4 members (excludes halogenated alkanes) is 7. The van der Waals surface area contributed by atoms with Gasteiger partial charge in [0.1, 0.15) is 0 Å². The molecule has 0 aromatic rings. The summed E-state index contributed by atoms with van der Waals surface area (Å²) in [6, 6.07) is 0. The minimum absolute atomic E-state index is 0.849. The van der Waals surface area contributed by atoms with Crippen LogP contribution in [0.25, 0.3) is 0 Å². The van der Waals surface area contributed by atoms with Crippen LogP contribution in [0, 0.1) is 0 Å². The Morgan fingerprint density at radius 3 is 1.39 bits per heavy atom. The predicted molar refractivity (Wildman–Crippen MR) is 92.0 cm³/mol. The number of hydrogen-bond donors (Lipinski definition) is 0. The van der Waals surface area contributed by atoms with Gasteiger partial charge < -0.3 is 0 Å². The summed E-state index contributed by atoms with van der Waals surface area (Å²) in [5.41, 5.74) is 0. The van der Waals surface area contributed by atoms with Crippen molar-refractivity contribution in [2.24, 2.45) is 0 Å². The van der Waals surface area contributed by atoms with E-state index in [9.17, 15) is 0 Å². The molecular formula is C17H39P. The van der Waals surface area contributed by atoms with E-state index < -0.39 is 7.26 Å². The van der Waals surface area contributed by atoms with Crippen LogP contribution in [0.5, 0.6) is 0 Å². The van der Waals surface area contributed by atoms with E-state index in [-0.39, 0.29) is 0 Å². The molecule has 0 nitrogen and oxygen atoms in total. The minimum atomic E-state index is -0.849. The van der Waals surface area contributed by atoms with Gasteiger partial charge in [-0.05, 0) is 0 Å². The zero-order valence-electron chi connectivity index (χ0n) is 13.7. The molecule has 0 unspecified atom stereocenters. The zero-order valence-corrected chi connectivity index (χ0v) is 14.7. The van der Waals surface area contributed by atoms with E-state index in [1.807, 2.05) is 0 Å². The molecule has 0 aliphatic carbocycles. The fourth-order valence-electron chi connectivity index (χ4n) is 3.11. The maximum absolute atomic E-state index is 2.47. The van der Waals surface area contributed by atoms with Gasteiger partial charge in [-0.25, -0.2) is 0 Å². The molecule has 0 aliphatic rings. The van der Waals surface area contributed by atoms with Crippen molar-refractivity contribution in [2.45, 2.75) is 85.5 Å². The Kier molecular flexibility index (Phi) is 12.8. The molecule has 0 bridgehead atoms. The fraction of sp³-hybridized carbons (Fsp3) is 1.00. The molecule has 112 valence electrons. The van der Waals surface area contributed by atoms with Gasteiger partial charge in [0, 0.05) is 0 Å². The van der Waals surface area contributed by atoms with E-state index in [0.29, 0.717) is 0 Å². The second-order valence-corrected chi connectivity index (χ2v) is 11.6. The van der Waals surface area contributed by atoms with Crippen molar-refractivity contribution in [3.8, 4) is 0 Å². The average Bonchev–Trinajstić information content (AvgIpc) is 2.41. The van der Waals surface area contributed by atoms with Crippen LogP contribution in [0.2, 0.25) is 0 Å². The quantitative estimate of drug-likeness (QED) is 0.272. The third-order valence-electron chi connectivity index (χ3n) is 4.87. The van der Waals surface area contributed by atoms with Crippen LogP contribution in [0.15, 0.2) is 0 Å². The van der Waals surface area contributed by atoms with Gasteiger partial charge >= 0.3 is 117 Å². The van der Waals surface area contributed by atoms with E-state index in [2.05, 4.69) is 27.7 Å². The molecule has 0 fully saturated rings. The molecule has 0 amide bonds. The van der Waals surface area contributed by atoms with Crippen LogP contribution >= 0.6 is 7.26 Å². The molecule has 0 heterocycles. The first-order valence-electron chi connectivity index (χ1n) is 8.74. The molecule has 0 saturated heterocycles. The topological polar surface area (TPSA) is 0 Å². The van der Waals surface area contributed by atoms with Gasteiger partial charge in [0.05, 0.1) is 0 Å². The van der Waals surface area contributed by atoms with Crippen molar-refractivity contribution in [1.29, 1.82) is 0 Å².